The second-order valence-electron chi connectivity index (χ2n) is 9.14. The van der Waals surface area contributed by atoms with Gasteiger partial charge >= 0.3 is 0 Å². The molecule has 0 spiro atoms. The van der Waals surface area contributed by atoms with E-state index >= 15 is 0 Å². The molecule has 2 aromatic heterocycles. The predicted octanol–water partition coefficient (Wildman–Crippen LogP) is 3.89. The fraction of sp³-hybridized carbons (Fsp3) is 0.296. The van der Waals surface area contributed by atoms with Crippen LogP contribution >= 0.6 is 0 Å². The van der Waals surface area contributed by atoms with Gasteiger partial charge < -0.3 is 10.1 Å². The Morgan fingerprint density at radius 1 is 1.19 bits per heavy atom. The number of para-hydroxylation sites is 1. The number of methoxy groups -OCH3 is 1. The van der Waals surface area contributed by atoms with Gasteiger partial charge in [-0.25, -0.2) is 22.5 Å². The Hall–Kier alpha value is -3.79. The Morgan fingerprint density at radius 2 is 1.95 bits per heavy atom. The Kier molecular flexibility index (Phi) is 6.68. The highest BCUT2D eigenvalue weighted by molar-refractivity contribution is 7.91. The predicted molar refractivity (Wildman–Crippen MR) is 139 cm³/mol. The monoisotopic (exact) mass is 522 g/mol. The number of amides is 1. The molecule has 1 fully saturated rings. The van der Waals surface area contributed by atoms with Gasteiger partial charge in [0.2, 0.25) is 0 Å². The highest BCUT2D eigenvalue weighted by Crippen LogP contribution is 2.32. The van der Waals surface area contributed by atoms with E-state index in [1.54, 1.807) is 43.0 Å². The van der Waals surface area contributed by atoms with Gasteiger partial charge in [-0.15, -0.1) is 0 Å². The van der Waals surface area contributed by atoms with Crippen LogP contribution in [0.2, 0.25) is 0 Å². The van der Waals surface area contributed by atoms with Crippen LogP contribution in [0.1, 0.15) is 34.1 Å². The molecule has 1 N–H and O–H groups in total. The number of ether oxygens (including phenoxy) is 1. The third-order valence-corrected chi connectivity index (χ3v) is 8.41. The highest BCUT2D eigenvalue weighted by Gasteiger charge is 2.32. The second-order valence-corrected chi connectivity index (χ2v) is 11.4. The van der Waals surface area contributed by atoms with E-state index in [0.29, 0.717) is 41.7 Å². The number of sulfone groups is 1. The lowest BCUT2D eigenvalue weighted by molar-refractivity contribution is 0.0955. The molecule has 4 aromatic rings. The number of pyridine rings is 1. The summed E-state index contributed by atoms with van der Waals surface area (Å²) in [5.74, 6) is -0.0467. The molecule has 1 aliphatic rings. The first-order chi connectivity index (χ1) is 17.8. The second kappa shape index (κ2) is 9.93. The fourth-order valence-electron chi connectivity index (χ4n) is 4.84. The van der Waals surface area contributed by atoms with Crippen LogP contribution in [-0.4, -0.2) is 54.2 Å². The van der Waals surface area contributed by atoms with Gasteiger partial charge in [-0.05, 0) is 49.6 Å². The van der Waals surface area contributed by atoms with E-state index in [1.165, 1.54) is 6.07 Å². The third-order valence-electron chi connectivity index (χ3n) is 6.66. The number of nitrogens with one attached hydrogen (secondary N) is 1. The largest absolute Gasteiger partial charge is 0.496 e. The number of halogens is 1. The van der Waals surface area contributed by atoms with Crippen molar-refractivity contribution in [1.29, 1.82) is 0 Å². The van der Waals surface area contributed by atoms with E-state index in [9.17, 15) is 17.6 Å². The van der Waals surface area contributed by atoms with Gasteiger partial charge in [0.05, 0.1) is 47.0 Å². The summed E-state index contributed by atoms with van der Waals surface area (Å²) in [7, 11) is -1.58. The molecule has 2 aromatic carbocycles. The number of aromatic nitrogens is 3. The number of carbonyl (C=O) groups is 1. The molecular formula is C27H27FN4O4S. The van der Waals surface area contributed by atoms with E-state index in [1.807, 2.05) is 24.3 Å². The molecule has 37 heavy (non-hydrogen) atoms. The molecule has 1 aliphatic heterocycles. The number of aryl methyl sites for hydroxylation is 1. The topological polar surface area (TPSA) is 103 Å². The van der Waals surface area contributed by atoms with E-state index in [4.69, 9.17) is 4.74 Å². The minimum Gasteiger partial charge on any atom is -0.496 e. The summed E-state index contributed by atoms with van der Waals surface area (Å²) in [5.41, 5.74) is 2.73. The first-order valence-electron chi connectivity index (χ1n) is 12.0. The summed E-state index contributed by atoms with van der Waals surface area (Å²) in [5, 5.41) is 8.07. The molecule has 0 radical (unpaired) electrons. The Balaban J connectivity index is 1.55. The standard InChI is InChI=1S/C27H27FN4O4S/c1-17-25-21(27(33)29-13-11-18-7-3-6-10-24(18)36-2)15-23(20-8-4-5-9-22(20)28)30-26(25)32(31-17)19-12-14-37(34,35)16-19/h3-10,15,19H,11-14,16H2,1-2H3,(H,29,33). The Bertz CT molecular complexity index is 1600. The van der Waals surface area contributed by atoms with Gasteiger partial charge in [0, 0.05) is 12.1 Å². The Labute approximate surface area is 214 Å². The summed E-state index contributed by atoms with van der Waals surface area (Å²) in [6, 6.07) is 15.0. The summed E-state index contributed by atoms with van der Waals surface area (Å²) >= 11 is 0. The average molecular weight is 523 g/mol. The maximum absolute atomic E-state index is 14.7. The van der Waals surface area contributed by atoms with E-state index in [2.05, 4.69) is 15.4 Å². The van der Waals surface area contributed by atoms with Crippen LogP contribution in [0.25, 0.3) is 22.3 Å². The number of fused-ring (bicyclic) bond motifs is 1. The molecule has 0 saturated carbocycles. The van der Waals surface area contributed by atoms with Crippen molar-refractivity contribution in [2.45, 2.75) is 25.8 Å². The van der Waals surface area contributed by atoms with Crippen molar-refractivity contribution in [2.75, 3.05) is 25.2 Å². The lowest BCUT2D eigenvalue weighted by Crippen LogP contribution is -2.26. The lowest BCUT2D eigenvalue weighted by atomic mass is 10.0. The van der Waals surface area contributed by atoms with Crippen LogP contribution in [0.15, 0.2) is 54.6 Å². The maximum Gasteiger partial charge on any atom is 0.252 e. The zero-order valence-electron chi connectivity index (χ0n) is 20.6. The van der Waals surface area contributed by atoms with Crippen LogP contribution < -0.4 is 10.1 Å². The van der Waals surface area contributed by atoms with Crippen molar-refractivity contribution in [1.82, 2.24) is 20.1 Å². The Morgan fingerprint density at radius 3 is 2.68 bits per heavy atom. The van der Waals surface area contributed by atoms with Gasteiger partial charge in [-0.3, -0.25) is 4.79 Å². The first-order valence-corrected chi connectivity index (χ1v) is 13.8. The molecule has 0 aliphatic carbocycles. The summed E-state index contributed by atoms with van der Waals surface area (Å²) in [4.78, 5) is 18.1. The van der Waals surface area contributed by atoms with Crippen molar-refractivity contribution in [2.24, 2.45) is 0 Å². The van der Waals surface area contributed by atoms with Crippen molar-refractivity contribution >= 4 is 26.8 Å². The summed E-state index contributed by atoms with van der Waals surface area (Å²) in [6.45, 7) is 2.12. The normalized spacial score (nSPS) is 16.7. The minimum atomic E-state index is -3.18. The number of hydrogen-bond acceptors (Lipinski definition) is 6. The molecule has 5 rings (SSSR count). The summed E-state index contributed by atoms with van der Waals surface area (Å²) < 4.78 is 46.0. The van der Waals surface area contributed by atoms with Crippen LogP contribution in [0, 0.1) is 12.7 Å². The molecule has 1 saturated heterocycles. The van der Waals surface area contributed by atoms with Crippen LogP contribution in [0.3, 0.4) is 0 Å². The smallest absolute Gasteiger partial charge is 0.252 e. The van der Waals surface area contributed by atoms with E-state index in [-0.39, 0.29) is 28.7 Å². The van der Waals surface area contributed by atoms with Gasteiger partial charge in [-0.1, -0.05) is 30.3 Å². The number of rotatable bonds is 7. The van der Waals surface area contributed by atoms with Crippen molar-refractivity contribution in [3.05, 3.63) is 77.2 Å². The zero-order valence-corrected chi connectivity index (χ0v) is 21.4. The van der Waals surface area contributed by atoms with Gasteiger partial charge in [0.25, 0.3) is 5.91 Å². The molecule has 1 amide bonds. The van der Waals surface area contributed by atoms with Crippen LogP contribution in [0.5, 0.6) is 5.75 Å². The van der Waals surface area contributed by atoms with Gasteiger partial charge in [0.15, 0.2) is 15.5 Å². The third kappa shape index (κ3) is 4.93. The maximum atomic E-state index is 14.7. The number of hydrogen-bond donors (Lipinski definition) is 1. The summed E-state index contributed by atoms with van der Waals surface area (Å²) in [6.07, 6.45) is 0.965. The number of benzene rings is 2. The van der Waals surface area contributed by atoms with Gasteiger partial charge in [-0.2, -0.15) is 5.10 Å². The van der Waals surface area contributed by atoms with Crippen molar-refractivity contribution < 1.29 is 22.3 Å². The molecule has 3 heterocycles. The molecule has 0 bridgehead atoms. The number of carbonyl (C=O) groups excluding carboxylic acids is 1. The first kappa shape index (κ1) is 24.9. The molecular weight excluding hydrogens is 495 g/mol. The highest BCUT2D eigenvalue weighted by atomic mass is 32.2. The van der Waals surface area contributed by atoms with Crippen molar-refractivity contribution in [3.63, 3.8) is 0 Å². The fourth-order valence-corrected chi connectivity index (χ4v) is 6.53. The molecule has 1 unspecified atom stereocenters. The molecule has 1 atom stereocenters. The molecule has 192 valence electrons. The lowest BCUT2D eigenvalue weighted by Gasteiger charge is -2.13. The van der Waals surface area contributed by atoms with E-state index < -0.39 is 21.7 Å². The minimum absolute atomic E-state index is 0.0464. The average Bonchev–Trinajstić information content (AvgIpc) is 3.42. The zero-order chi connectivity index (χ0) is 26.2. The van der Waals surface area contributed by atoms with Crippen LogP contribution in [-0.2, 0) is 16.3 Å². The quantitative estimate of drug-likeness (QED) is 0.395. The van der Waals surface area contributed by atoms with E-state index in [0.717, 1.165) is 11.3 Å². The van der Waals surface area contributed by atoms with Gasteiger partial charge in [0.1, 0.15) is 11.6 Å². The number of nitrogens with zero attached hydrogens (tertiary/aromatic N) is 3. The molecule has 8 nitrogen and oxygen atoms in total. The van der Waals surface area contributed by atoms with Crippen molar-refractivity contribution in [3.8, 4) is 17.0 Å². The molecule has 10 heteroatoms. The van der Waals surface area contributed by atoms with Crippen LogP contribution in [0.4, 0.5) is 4.39 Å². The SMILES string of the molecule is COc1ccccc1CCNC(=O)c1cc(-c2ccccc2F)nc2c1c(C)nn2C1CCS(=O)(=O)C1.